The number of para-hydroxylation sites is 1. The minimum Gasteiger partial charge on any atom is -0.465 e. The number of carbonyl (C=O) groups excluding carboxylic acids is 1. The van der Waals surface area contributed by atoms with Crippen molar-refractivity contribution in [3.8, 4) is 0 Å². The molecule has 1 unspecified atom stereocenters. The van der Waals surface area contributed by atoms with Crippen LogP contribution in [0.1, 0.15) is 56.8 Å². The van der Waals surface area contributed by atoms with Crippen molar-refractivity contribution < 1.29 is 23.8 Å². The summed E-state index contributed by atoms with van der Waals surface area (Å²) in [6.45, 7) is 3.20. The van der Waals surface area contributed by atoms with Crippen molar-refractivity contribution in [2.24, 2.45) is 0 Å². The molecule has 3 aromatic carbocycles. The minimum atomic E-state index is -1.28. The van der Waals surface area contributed by atoms with Gasteiger partial charge < -0.3 is 30.2 Å². The molecule has 1 fully saturated rings. The molecule has 6 rings (SSSR count). The van der Waals surface area contributed by atoms with E-state index >= 15 is 0 Å². The zero-order chi connectivity index (χ0) is 34.2. The fourth-order valence-corrected chi connectivity index (χ4v) is 6.96. The number of carbonyl (C=O) groups is 2. The molecule has 0 bridgehead atoms. The summed E-state index contributed by atoms with van der Waals surface area (Å²) in [5.41, 5.74) is 4.06. The lowest BCUT2D eigenvalue weighted by Gasteiger charge is -2.33. The number of amides is 2. The van der Waals surface area contributed by atoms with E-state index in [1.54, 1.807) is 11.3 Å². The number of aryl methyl sites for hydroxylation is 2. The topological polar surface area (TPSA) is 152 Å². The summed E-state index contributed by atoms with van der Waals surface area (Å²) in [6.07, 6.45) is 0.0509. The lowest BCUT2D eigenvalue weighted by atomic mass is 9.84. The molecule has 1 saturated heterocycles. The van der Waals surface area contributed by atoms with Gasteiger partial charge in [0.1, 0.15) is 11.3 Å². The molecule has 49 heavy (non-hydrogen) atoms. The summed E-state index contributed by atoms with van der Waals surface area (Å²) in [4.78, 5) is 30.4. The maximum Gasteiger partial charge on any atom is 0.405 e. The Balaban J connectivity index is 1.11. The van der Waals surface area contributed by atoms with Gasteiger partial charge in [-0.1, -0.05) is 78.9 Å². The molecule has 1 aliphatic heterocycles. The molecule has 3 heterocycles. The zero-order valence-corrected chi connectivity index (χ0v) is 28.6. The standard InChI is InChI=1S/C36H38N6O5S2/c1-22-38-26(21-49-22)18-30-41-42-35(47-30)33(48)29-20-37-19-27(46-29)17-16-23-10-8-9-15-28(23)39-34(43)32(40-36(44)45)31(24-11-4-2-5-12-24)25-13-6-3-7-14-25/h2-15,21,27,29,31-33,37,40,48H,16-20H2,1H3,(H,39,43)(H,44,45)/t27-,29+,32+,33?/m1/s1. The van der Waals surface area contributed by atoms with Gasteiger partial charge in [-0.05, 0) is 42.5 Å². The third-order valence-electron chi connectivity index (χ3n) is 8.39. The fourth-order valence-electron chi connectivity index (χ4n) is 6.07. The number of benzene rings is 3. The van der Waals surface area contributed by atoms with E-state index in [9.17, 15) is 14.7 Å². The Morgan fingerprint density at radius 1 is 1.00 bits per heavy atom. The van der Waals surface area contributed by atoms with Gasteiger partial charge in [0.15, 0.2) is 0 Å². The summed E-state index contributed by atoms with van der Waals surface area (Å²) in [6, 6.07) is 25.3. The summed E-state index contributed by atoms with van der Waals surface area (Å²) >= 11 is 6.36. The van der Waals surface area contributed by atoms with Crippen LogP contribution in [-0.2, 0) is 22.4 Å². The average Bonchev–Trinajstić information content (AvgIpc) is 3.76. The number of nitrogens with one attached hydrogen (secondary N) is 3. The number of aromatic nitrogens is 3. The second kappa shape index (κ2) is 16.2. The van der Waals surface area contributed by atoms with Gasteiger partial charge in [0.05, 0.1) is 29.3 Å². The van der Waals surface area contributed by atoms with Crippen molar-refractivity contribution in [3.63, 3.8) is 0 Å². The highest BCUT2D eigenvalue weighted by Crippen LogP contribution is 2.31. The Labute approximate surface area is 293 Å². The number of morpholine rings is 1. The first-order valence-electron chi connectivity index (χ1n) is 16.1. The molecule has 0 spiro atoms. The smallest absolute Gasteiger partial charge is 0.405 e. The van der Waals surface area contributed by atoms with E-state index in [-0.39, 0.29) is 12.2 Å². The number of ether oxygens (including phenoxy) is 1. The number of carboxylic acid groups (broad SMARTS) is 1. The summed E-state index contributed by atoms with van der Waals surface area (Å²) in [5.74, 6) is -0.118. The quantitative estimate of drug-likeness (QED) is 0.0963. The van der Waals surface area contributed by atoms with E-state index in [0.717, 1.165) is 27.4 Å². The molecule has 4 N–H and O–H groups in total. The molecular formula is C36H38N6O5S2. The molecule has 13 heteroatoms. The van der Waals surface area contributed by atoms with Crippen LogP contribution in [-0.4, -0.2) is 63.6 Å². The summed E-state index contributed by atoms with van der Waals surface area (Å²) in [5, 5.41) is 29.7. The van der Waals surface area contributed by atoms with Gasteiger partial charge in [0.2, 0.25) is 17.7 Å². The van der Waals surface area contributed by atoms with Gasteiger partial charge in [-0.25, -0.2) is 9.78 Å². The number of rotatable bonds is 13. The molecule has 0 saturated carbocycles. The summed E-state index contributed by atoms with van der Waals surface area (Å²) < 4.78 is 12.4. The highest BCUT2D eigenvalue weighted by Gasteiger charge is 2.34. The molecule has 0 aliphatic carbocycles. The number of hydrogen-bond acceptors (Lipinski definition) is 10. The van der Waals surface area contributed by atoms with Gasteiger partial charge in [-0.3, -0.25) is 4.79 Å². The fraction of sp³-hybridized carbons (Fsp3) is 0.306. The highest BCUT2D eigenvalue weighted by atomic mass is 32.1. The molecule has 5 aromatic rings. The van der Waals surface area contributed by atoms with Gasteiger partial charge in [0, 0.05) is 30.1 Å². The molecule has 1 aliphatic rings. The number of thiol groups is 1. The Bertz CT molecular complexity index is 1800. The van der Waals surface area contributed by atoms with Gasteiger partial charge >= 0.3 is 6.09 Å². The van der Waals surface area contributed by atoms with E-state index in [2.05, 4.69) is 31.1 Å². The number of thiazole rings is 1. The largest absolute Gasteiger partial charge is 0.465 e. The van der Waals surface area contributed by atoms with Gasteiger partial charge in [-0.15, -0.1) is 21.5 Å². The first-order valence-corrected chi connectivity index (χ1v) is 17.5. The maximum atomic E-state index is 13.9. The molecule has 2 amide bonds. The van der Waals surface area contributed by atoms with Crippen LogP contribution in [0.15, 0.2) is 94.7 Å². The molecule has 0 radical (unpaired) electrons. The predicted molar refractivity (Wildman–Crippen MR) is 190 cm³/mol. The number of nitrogens with zero attached hydrogens (tertiary/aromatic N) is 3. The predicted octanol–water partition coefficient (Wildman–Crippen LogP) is 5.79. The molecule has 4 atom stereocenters. The normalized spacial score (nSPS) is 17.4. The van der Waals surface area contributed by atoms with E-state index in [1.165, 1.54) is 0 Å². The van der Waals surface area contributed by atoms with Crippen LogP contribution in [0.2, 0.25) is 0 Å². The van der Waals surface area contributed by atoms with Crippen LogP contribution >= 0.6 is 24.0 Å². The van der Waals surface area contributed by atoms with Crippen LogP contribution in [0.3, 0.4) is 0 Å². The van der Waals surface area contributed by atoms with Crippen LogP contribution in [0.25, 0.3) is 0 Å². The van der Waals surface area contributed by atoms with E-state index < -0.39 is 29.2 Å². The Kier molecular flexibility index (Phi) is 11.4. The second-order valence-electron chi connectivity index (χ2n) is 11.9. The third kappa shape index (κ3) is 8.92. The van der Waals surface area contributed by atoms with Crippen molar-refractivity contribution in [1.82, 2.24) is 25.8 Å². The first kappa shape index (κ1) is 34.3. The van der Waals surface area contributed by atoms with Crippen LogP contribution < -0.4 is 16.0 Å². The van der Waals surface area contributed by atoms with E-state index in [4.69, 9.17) is 21.8 Å². The lowest BCUT2D eigenvalue weighted by Crippen LogP contribution is -2.47. The Hall–Kier alpha value is -4.56. The van der Waals surface area contributed by atoms with Gasteiger partial charge in [-0.2, -0.15) is 12.6 Å². The van der Waals surface area contributed by atoms with E-state index in [0.29, 0.717) is 49.8 Å². The molecule has 254 valence electrons. The minimum absolute atomic E-state index is 0.125. The number of hydrogen-bond donors (Lipinski definition) is 5. The zero-order valence-electron chi connectivity index (χ0n) is 26.9. The number of anilines is 1. The van der Waals surface area contributed by atoms with Crippen molar-refractivity contribution in [2.75, 3.05) is 18.4 Å². The molecule has 2 aromatic heterocycles. The second-order valence-corrected chi connectivity index (χ2v) is 13.5. The maximum absolute atomic E-state index is 13.9. The SMILES string of the molecule is Cc1nc(Cc2nnc(C(S)[C@@H]3CNC[C@@H](CCc4ccccc4NC(=O)[C@@H](NC(=O)O)C(c4ccccc4)c4ccccc4)O3)o2)cs1. The Morgan fingerprint density at radius 3 is 2.37 bits per heavy atom. The van der Waals surface area contributed by atoms with E-state index in [1.807, 2.05) is 97.2 Å². The van der Waals surface area contributed by atoms with Gasteiger partial charge in [0.25, 0.3) is 0 Å². The monoisotopic (exact) mass is 698 g/mol. The highest BCUT2D eigenvalue weighted by molar-refractivity contribution is 7.80. The lowest BCUT2D eigenvalue weighted by molar-refractivity contribution is -0.118. The van der Waals surface area contributed by atoms with Crippen LogP contribution in [0, 0.1) is 6.92 Å². The third-order valence-corrected chi connectivity index (χ3v) is 9.77. The first-order chi connectivity index (χ1) is 23.8. The van der Waals surface area contributed by atoms with Crippen molar-refractivity contribution in [3.05, 3.63) is 129 Å². The molecule has 11 nitrogen and oxygen atoms in total. The average molecular weight is 699 g/mol. The van der Waals surface area contributed by atoms with Crippen LogP contribution in [0.5, 0.6) is 0 Å². The van der Waals surface area contributed by atoms with Crippen molar-refractivity contribution >= 4 is 41.7 Å². The summed E-state index contributed by atoms with van der Waals surface area (Å²) in [7, 11) is 0. The molecular weight excluding hydrogens is 661 g/mol. The van der Waals surface area contributed by atoms with Crippen LogP contribution in [0.4, 0.5) is 10.5 Å². The van der Waals surface area contributed by atoms with Crippen molar-refractivity contribution in [1.29, 1.82) is 0 Å². The Morgan fingerprint density at radius 2 is 1.69 bits per heavy atom. The van der Waals surface area contributed by atoms with Crippen molar-refractivity contribution in [2.45, 2.75) is 55.6 Å².